The van der Waals surface area contributed by atoms with Crippen LogP contribution in [0.4, 0.5) is 0 Å². The Kier molecular flexibility index (Phi) is 5.43. The molecule has 1 saturated heterocycles. The molecular weight excluding hydrogens is 228 g/mol. The van der Waals surface area contributed by atoms with Crippen molar-refractivity contribution >= 4 is 24.2 Å². The fourth-order valence-electron chi connectivity index (χ4n) is 1.66. The van der Waals surface area contributed by atoms with Crippen LogP contribution in [0.1, 0.15) is 18.4 Å². The van der Waals surface area contributed by atoms with Crippen molar-refractivity contribution in [2.75, 3.05) is 13.1 Å². The normalized spacial score (nSPS) is 20.7. The van der Waals surface area contributed by atoms with Crippen molar-refractivity contribution < 1.29 is 0 Å². The minimum atomic E-state index is 0. The predicted molar refractivity (Wildman–Crippen MR) is 68.0 cm³/mol. The lowest BCUT2D eigenvalue weighted by Crippen LogP contribution is -2.31. The van der Waals surface area contributed by atoms with Gasteiger partial charge in [0.15, 0.2) is 0 Å². The van der Waals surface area contributed by atoms with Crippen LogP contribution in [0.15, 0.2) is 23.4 Å². The van der Waals surface area contributed by atoms with Crippen molar-refractivity contribution in [3.05, 3.63) is 23.9 Å². The molecule has 0 aromatic carbocycles. The van der Waals surface area contributed by atoms with E-state index >= 15 is 0 Å². The van der Waals surface area contributed by atoms with Gasteiger partial charge in [-0.15, -0.1) is 24.2 Å². The Bertz CT molecular complexity index is 300. The van der Waals surface area contributed by atoms with E-state index in [1.807, 2.05) is 24.0 Å². The summed E-state index contributed by atoms with van der Waals surface area (Å²) in [5.74, 6) is 0. The number of hydrogen-bond acceptors (Lipinski definition) is 3. The summed E-state index contributed by atoms with van der Waals surface area (Å²) in [6.07, 6.45) is 4.50. The highest BCUT2D eigenvalue weighted by Gasteiger charge is 2.14. The summed E-state index contributed by atoms with van der Waals surface area (Å²) in [6, 6.07) is 4.21. The molecule has 1 aromatic heterocycles. The molecule has 0 spiro atoms. The molecule has 4 heteroatoms. The van der Waals surface area contributed by atoms with Gasteiger partial charge < -0.3 is 5.32 Å². The second-order valence-electron chi connectivity index (χ2n) is 3.76. The Morgan fingerprint density at radius 2 is 2.40 bits per heavy atom. The standard InChI is InChI=1S/C11H16N2S.ClH/c1-9-4-6-13-11(7-9)14-10-3-2-5-12-8-10;/h4,6-7,10,12H,2-3,5,8H2,1H3;1H. The Balaban J connectivity index is 0.00000112. The zero-order valence-electron chi connectivity index (χ0n) is 8.90. The van der Waals surface area contributed by atoms with Gasteiger partial charge in [-0.25, -0.2) is 4.98 Å². The lowest BCUT2D eigenvalue weighted by atomic mass is 10.2. The van der Waals surface area contributed by atoms with Crippen LogP contribution >= 0.6 is 24.2 Å². The van der Waals surface area contributed by atoms with Crippen LogP contribution in [0, 0.1) is 6.92 Å². The van der Waals surface area contributed by atoms with Crippen molar-refractivity contribution in [1.29, 1.82) is 0 Å². The van der Waals surface area contributed by atoms with Crippen LogP contribution in [-0.2, 0) is 0 Å². The van der Waals surface area contributed by atoms with Crippen LogP contribution in [0.2, 0.25) is 0 Å². The van der Waals surface area contributed by atoms with Crippen molar-refractivity contribution in [3.63, 3.8) is 0 Å². The van der Waals surface area contributed by atoms with E-state index < -0.39 is 0 Å². The Hall–Kier alpha value is -0.250. The first kappa shape index (κ1) is 12.8. The van der Waals surface area contributed by atoms with Crippen molar-refractivity contribution in [3.8, 4) is 0 Å². The molecule has 1 unspecified atom stereocenters. The van der Waals surface area contributed by atoms with Crippen LogP contribution in [0.25, 0.3) is 0 Å². The molecule has 1 aromatic rings. The number of aryl methyl sites for hydroxylation is 1. The Labute approximate surface area is 102 Å². The largest absolute Gasteiger partial charge is 0.316 e. The van der Waals surface area contributed by atoms with Gasteiger partial charge in [-0.2, -0.15) is 0 Å². The summed E-state index contributed by atoms with van der Waals surface area (Å²) in [5.41, 5.74) is 1.30. The molecule has 2 heterocycles. The molecule has 0 radical (unpaired) electrons. The van der Waals surface area contributed by atoms with Crippen molar-refractivity contribution in [2.45, 2.75) is 30.0 Å². The molecule has 1 fully saturated rings. The molecule has 2 nitrogen and oxygen atoms in total. The zero-order chi connectivity index (χ0) is 9.80. The first-order valence-electron chi connectivity index (χ1n) is 5.14. The maximum Gasteiger partial charge on any atom is 0.0965 e. The highest BCUT2D eigenvalue weighted by Crippen LogP contribution is 2.25. The SMILES string of the molecule is Cc1ccnc(SC2CCCNC2)c1.Cl. The molecule has 0 aliphatic carbocycles. The van der Waals surface area contributed by atoms with E-state index in [1.165, 1.54) is 30.0 Å². The topological polar surface area (TPSA) is 24.9 Å². The lowest BCUT2D eigenvalue weighted by molar-refractivity contribution is 0.531. The van der Waals surface area contributed by atoms with Gasteiger partial charge in [0.1, 0.15) is 0 Å². The molecule has 1 aliphatic heterocycles. The maximum absolute atomic E-state index is 4.37. The summed E-state index contributed by atoms with van der Waals surface area (Å²) in [7, 11) is 0. The first-order valence-corrected chi connectivity index (χ1v) is 6.02. The van der Waals surface area contributed by atoms with Crippen LogP contribution in [-0.4, -0.2) is 23.3 Å². The molecule has 84 valence electrons. The van der Waals surface area contributed by atoms with E-state index in [1.54, 1.807) is 0 Å². The summed E-state index contributed by atoms with van der Waals surface area (Å²) >= 11 is 1.91. The number of aromatic nitrogens is 1. The molecule has 1 aliphatic rings. The third-order valence-corrected chi connectivity index (χ3v) is 3.63. The van der Waals surface area contributed by atoms with Gasteiger partial charge in [0.2, 0.25) is 0 Å². The summed E-state index contributed by atoms with van der Waals surface area (Å²) < 4.78 is 0. The molecular formula is C11H17ClN2S. The summed E-state index contributed by atoms with van der Waals surface area (Å²) in [5, 5.41) is 5.29. The van der Waals surface area contributed by atoms with Gasteiger partial charge in [-0.3, -0.25) is 0 Å². The minimum Gasteiger partial charge on any atom is -0.316 e. The van der Waals surface area contributed by atoms with Crippen LogP contribution in [0.3, 0.4) is 0 Å². The number of piperidine rings is 1. The molecule has 0 bridgehead atoms. The van der Waals surface area contributed by atoms with Gasteiger partial charge in [0.05, 0.1) is 5.03 Å². The third-order valence-electron chi connectivity index (χ3n) is 2.43. The predicted octanol–water partition coefficient (Wildman–Crippen LogP) is 2.66. The molecule has 0 saturated carbocycles. The molecule has 0 amide bonds. The lowest BCUT2D eigenvalue weighted by Gasteiger charge is -2.21. The second-order valence-corrected chi connectivity index (χ2v) is 5.08. The van der Waals surface area contributed by atoms with Gasteiger partial charge in [-0.05, 0) is 44.0 Å². The summed E-state index contributed by atoms with van der Waals surface area (Å²) in [6.45, 7) is 4.42. The monoisotopic (exact) mass is 244 g/mol. The first-order chi connectivity index (χ1) is 6.84. The van der Waals surface area contributed by atoms with Gasteiger partial charge >= 0.3 is 0 Å². The van der Waals surface area contributed by atoms with Crippen LogP contribution in [0.5, 0.6) is 0 Å². The number of hydrogen-bond donors (Lipinski definition) is 1. The van der Waals surface area contributed by atoms with E-state index in [9.17, 15) is 0 Å². The minimum absolute atomic E-state index is 0. The fourth-order valence-corrected chi connectivity index (χ4v) is 2.87. The quantitative estimate of drug-likeness (QED) is 0.866. The van der Waals surface area contributed by atoms with Gasteiger partial charge in [-0.1, -0.05) is 0 Å². The average Bonchev–Trinajstić information content (AvgIpc) is 2.19. The van der Waals surface area contributed by atoms with E-state index in [0.29, 0.717) is 5.25 Å². The number of pyridine rings is 1. The maximum atomic E-state index is 4.37. The average molecular weight is 245 g/mol. The highest BCUT2D eigenvalue weighted by molar-refractivity contribution is 7.99. The zero-order valence-corrected chi connectivity index (χ0v) is 10.5. The van der Waals surface area contributed by atoms with E-state index in [2.05, 4.69) is 23.3 Å². The van der Waals surface area contributed by atoms with E-state index in [0.717, 1.165) is 6.54 Å². The van der Waals surface area contributed by atoms with E-state index in [-0.39, 0.29) is 12.4 Å². The smallest absolute Gasteiger partial charge is 0.0965 e. The number of nitrogens with zero attached hydrogens (tertiary/aromatic N) is 1. The number of rotatable bonds is 2. The van der Waals surface area contributed by atoms with Gasteiger partial charge in [0, 0.05) is 18.0 Å². The van der Waals surface area contributed by atoms with Crippen molar-refractivity contribution in [1.82, 2.24) is 10.3 Å². The molecule has 1 atom stereocenters. The second kappa shape index (κ2) is 6.36. The fraction of sp³-hybridized carbons (Fsp3) is 0.545. The van der Waals surface area contributed by atoms with E-state index in [4.69, 9.17) is 0 Å². The highest BCUT2D eigenvalue weighted by atomic mass is 35.5. The Morgan fingerprint density at radius 3 is 3.07 bits per heavy atom. The van der Waals surface area contributed by atoms with Crippen LogP contribution < -0.4 is 5.32 Å². The molecule has 2 rings (SSSR count). The van der Waals surface area contributed by atoms with Crippen molar-refractivity contribution in [2.24, 2.45) is 0 Å². The molecule has 1 N–H and O–H groups in total. The Morgan fingerprint density at radius 1 is 1.53 bits per heavy atom. The molecule has 15 heavy (non-hydrogen) atoms. The number of thioether (sulfide) groups is 1. The van der Waals surface area contributed by atoms with Gasteiger partial charge in [0.25, 0.3) is 0 Å². The summed E-state index contributed by atoms with van der Waals surface area (Å²) in [4.78, 5) is 4.37. The number of halogens is 1. The third kappa shape index (κ3) is 4.01. The number of nitrogens with one attached hydrogen (secondary N) is 1.